The number of hydrogen-bond acceptors (Lipinski definition) is 8. The number of aliphatic imine (C=N–C) groups is 1. The van der Waals surface area contributed by atoms with E-state index in [4.69, 9.17) is 4.98 Å². The lowest BCUT2D eigenvalue weighted by atomic mass is 9.75. The number of rotatable bonds is 4. The van der Waals surface area contributed by atoms with E-state index in [-0.39, 0.29) is 41.0 Å². The summed E-state index contributed by atoms with van der Waals surface area (Å²) in [5.74, 6) is -1.24. The van der Waals surface area contributed by atoms with Crippen LogP contribution in [0.4, 0.5) is 11.4 Å². The predicted octanol–water partition coefficient (Wildman–Crippen LogP) is 8.11. The molecule has 12 rings (SSSR count). The molecular weight excluding hydrogens is 765 g/mol. The molecule has 298 valence electrons. The van der Waals surface area contributed by atoms with Crippen LogP contribution in [0.2, 0.25) is 0 Å². The number of benzene rings is 6. The van der Waals surface area contributed by atoms with Gasteiger partial charge >= 0.3 is 0 Å². The topological polar surface area (TPSA) is 150 Å². The average molecular weight is 803 g/mol. The molecule has 0 saturated carbocycles. The van der Waals surface area contributed by atoms with E-state index in [2.05, 4.69) is 29.1 Å². The van der Waals surface area contributed by atoms with Crippen LogP contribution in [0.3, 0.4) is 0 Å². The molecule has 0 bridgehead atoms. The third-order valence-corrected chi connectivity index (χ3v) is 12.6. The Kier molecular flexibility index (Phi) is 8.10. The SMILES string of the molecule is CC(C)CC1NC2(c3ccccc3-n3c2nc2ccccc2c3=O)[C@H]2C(=O)N(c3ccc4ccccc4c3)C(=O)[C@@H]12.O=C1C(c2c(O)[nH]c3ccccc23)=Nc2ccccc21. The number of aromatic hydroxyl groups is 1. The third-order valence-electron chi connectivity index (χ3n) is 12.6. The minimum Gasteiger partial charge on any atom is -0.494 e. The van der Waals surface area contributed by atoms with E-state index >= 15 is 0 Å². The van der Waals surface area contributed by atoms with Crippen molar-refractivity contribution in [3.05, 3.63) is 172 Å². The van der Waals surface area contributed by atoms with Gasteiger partial charge in [0.1, 0.15) is 17.1 Å². The molecule has 61 heavy (non-hydrogen) atoms. The molecule has 4 aliphatic heterocycles. The van der Waals surface area contributed by atoms with Gasteiger partial charge in [0.25, 0.3) is 5.56 Å². The number of nitrogens with zero attached hydrogens (tertiary/aromatic N) is 4. The van der Waals surface area contributed by atoms with Crippen LogP contribution in [0, 0.1) is 17.8 Å². The first-order valence-electron chi connectivity index (χ1n) is 20.4. The van der Waals surface area contributed by atoms with E-state index in [1.54, 1.807) is 22.8 Å². The van der Waals surface area contributed by atoms with Crippen molar-refractivity contribution in [2.24, 2.45) is 22.7 Å². The fourth-order valence-electron chi connectivity index (χ4n) is 10.1. The van der Waals surface area contributed by atoms with E-state index in [1.165, 1.54) is 4.90 Å². The molecule has 4 atom stereocenters. The van der Waals surface area contributed by atoms with Gasteiger partial charge in [-0.1, -0.05) is 105 Å². The number of para-hydroxylation sites is 4. The summed E-state index contributed by atoms with van der Waals surface area (Å²) >= 11 is 0. The summed E-state index contributed by atoms with van der Waals surface area (Å²) in [7, 11) is 0. The number of carbonyl (C=O) groups is 3. The molecule has 2 saturated heterocycles. The molecule has 1 spiro atoms. The highest BCUT2D eigenvalue weighted by Crippen LogP contribution is 2.56. The van der Waals surface area contributed by atoms with Gasteiger partial charge in [-0.3, -0.25) is 29.1 Å². The van der Waals surface area contributed by atoms with Gasteiger partial charge in [0.2, 0.25) is 17.6 Å². The summed E-state index contributed by atoms with van der Waals surface area (Å²) in [5, 5.41) is 17.2. The van der Waals surface area contributed by atoms with E-state index < -0.39 is 17.4 Å². The second-order valence-electron chi connectivity index (χ2n) is 16.5. The van der Waals surface area contributed by atoms with Crippen LogP contribution < -0.4 is 15.8 Å². The number of H-pyrrole nitrogens is 1. The summed E-state index contributed by atoms with van der Waals surface area (Å²) in [6.07, 6.45) is 0.702. The summed E-state index contributed by atoms with van der Waals surface area (Å²) < 4.78 is 1.65. The average Bonchev–Trinajstić information content (AvgIpc) is 4.03. The van der Waals surface area contributed by atoms with Crippen molar-refractivity contribution in [1.82, 2.24) is 19.9 Å². The highest BCUT2D eigenvalue weighted by molar-refractivity contribution is 6.56. The Morgan fingerprint density at radius 3 is 2.28 bits per heavy atom. The van der Waals surface area contributed by atoms with Crippen LogP contribution in [0.15, 0.2) is 149 Å². The molecule has 6 aromatic carbocycles. The van der Waals surface area contributed by atoms with Crippen molar-refractivity contribution in [1.29, 1.82) is 0 Å². The lowest BCUT2D eigenvalue weighted by Crippen LogP contribution is -2.50. The van der Waals surface area contributed by atoms with Crippen LogP contribution in [-0.2, 0) is 15.1 Å². The van der Waals surface area contributed by atoms with Gasteiger partial charge in [-0.05, 0) is 71.6 Å². The van der Waals surface area contributed by atoms with Crippen molar-refractivity contribution in [3.8, 4) is 11.6 Å². The quantitative estimate of drug-likeness (QED) is 0.152. The number of nitrogens with one attached hydrogen (secondary N) is 2. The van der Waals surface area contributed by atoms with Gasteiger partial charge in [0.15, 0.2) is 5.88 Å². The van der Waals surface area contributed by atoms with Gasteiger partial charge in [-0.2, -0.15) is 0 Å². The summed E-state index contributed by atoms with van der Waals surface area (Å²) in [5.41, 5.74) is 4.13. The molecule has 0 radical (unpaired) electrons. The lowest BCUT2D eigenvalue weighted by Gasteiger charge is -2.32. The number of aromatic nitrogens is 3. The fourth-order valence-corrected chi connectivity index (χ4v) is 10.1. The number of carbonyl (C=O) groups excluding carboxylic acids is 3. The van der Waals surface area contributed by atoms with Crippen LogP contribution in [-0.4, -0.2) is 49.0 Å². The number of amides is 2. The van der Waals surface area contributed by atoms with Crippen LogP contribution in [0.25, 0.3) is 38.3 Å². The highest BCUT2D eigenvalue weighted by atomic mass is 16.3. The van der Waals surface area contributed by atoms with Crippen molar-refractivity contribution in [2.75, 3.05) is 4.90 Å². The minimum atomic E-state index is -1.12. The number of imide groups is 1. The third kappa shape index (κ3) is 5.26. The van der Waals surface area contributed by atoms with E-state index in [9.17, 15) is 24.3 Å². The standard InChI is InChI=1S/C34H28N4O3.C16H10N2O2/c1-19(2)17-26-28-29(32(41)37(31(28)40)22-16-15-20-9-3-4-10-21(20)18-22)34(36-26)24-12-6-8-14-27(24)38-30(39)23-11-5-7-13-25(23)35-33(34)38;19-15-10-6-2-4-8-12(10)17-14(15)13-9-5-1-3-7-11(9)18-16(13)20/h3-16,18-19,26,28-29,36H,17H2,1-2H3;1-8,18,20H/t26?,28-,29+,34?;/m0./s1. The lowest BCUT2D eigenvalue weighted by molar-refractivity contribution is -0.123. The Labute approximate surface area is 349 Å². The maximum atomic E-state index is 14.6. The smallest absolute Gasteiger partial charge is 0.266 e. The zero-order valence-corrected chi connectivity index (χ0v) is 33.2. The molecule has 11 nitrogen and oxygen atoms in total. The molecule has 0 aliphatic carbocycles. The van der Waals surface area contributed by atoms with E-state index in [0.717, 1.165) is 27.2 Å². The van der Waals surface area contributed by atoms with Crippen molar-refractivity contribution < 1.29 is 19.5 Å². The second-order valence-corrected chi connectivity index (χ2v) is 16.5. The Balaban J connectivity index is 0.000000175. The fraction of sp³-hybridized carbons (Fsp3) is 0.160. The Morgan fingerprint density at radius 2 is 1.46 bits per heavy atom. The normalized spacial score (nSPS) is 21.0. The predicted molar refractivity (Wildman–Crippen MR) is 235 cm³/mol. The van der Waals surface area contributed by atoms with E-state index in [1.807, 2.05) is 121 Å². The number of hydrogen-bond donors (Lipinski definition) is 3. The first-order valence-corrected chi connectivity index (χ1v) is 20.4. The van der Waals surface area contributed by atoms with Gasteiger partial charge < -0.3 is 10.1 Å². The maximum Gasteiger partial charge on any atom is 0.266 e. The molecule has 11 heteroatoms. The molecule has 2 fully saturated rings. The molecule has 2 unspecified atom stereocenters. The van der Waals surface area contributed by atoms with Gasteiger partial charge in [0, 0.05) is 28.1 Å². The van der Waals surface area contributed by atoms with Crippen LogP contribution >= 0.6 is 0 Å². The molecule has 6 heterocycles. The Bertz CT molecular complexity index is 3290. The monoisotopic (exact) mass is 802 g/mol. The molecule has 4 aliphatic rings. The number of anilines is 1. The van der Waals surface area contributed by atoms with Gasteiger partial charge in [-0.15, -0.1) is 0 Å². The maximum absolute atomic E-state index is 14.6. The molecular formula is C50H38N6O5. The number of fused-ring (bicyclic) bond motifs is 11. The second kappa shape index (κ2) is 13.5. The van der Waals surface area contributed by atoms with E-state index in [0.29, 0.717) is 57.0 Å². The molecule has 2 amide bonds. The van der Waals surface area contributed by atoms with Crippen molar-refractivity contribution >= 4 is 67.3 Å². The number of aromatic amines is 1. The van der Waals surface area contributed by atoms with Crippen LogP contribution in [0.1, 0.15) is 47.6 Å². The Hall–Kier alpha value is -7.50. The zero-order valence-electron chi connectivity index (χ0n) is 33.2. The van der Waals surface area contributed by atoms with Gasteiger partial charge in [0.05, 0.1) is 45.4 Å². The first-order chi connectivity index (χ1) is 29.7. The summed E-state index contributed by atoms with van der Waals surface area (Å²) in [6.45, 7) is 4.24. The zero-order chi connectivity index (χ0) is 41.7. The molecule has 3 N–H and O–H groups in total. The highest BCUT2D eigenvalue weighted by Gasteiger charge is 2.69. The minimum absolute atomic E-state index is 0.0221. The Morgan fingerprint density at radius 1 is 0.754 bits per heavy atom. The summed E-state index contributed by atoms with van der Waals surface area (Å²) in [6, 6.07) is 43.0. The largest absolute Gasteiger partial charge is 0.494 e. The first kappa shape index (κ1) is 36.6. The van der Waals surface area contributed by atoms with Crippen LogP contribution in [0.5, 0.6) is 5.88 Å². The van der Waals surface area contributed by atoms with Crippen molar-refractivity contribution in [2.45, 2.75) is 31.8 Å². The number of ketones is 1. The molecule has 2 aromatic heterocycles. The number of Topliss-reactive ketones (excluding diaryl/α,β-unsaturated/α-hetero) is 1. The summed E-state index contributed by atoms with van der Waals surface area (Å²) in [4.78, 5) is 69.1. The molecule has 8 aromatic rings. The van der Waals surface area contributed by atoms with Crippen molar-refractivity contribution in [3.63, 3.8) is 0 Å². The van der Waals surface area contributed by atoms with Gasteiger partial charge in [-0.25, -0.2) is 14.9 Å².